The summed E-state index contributed by atoms with van der Waals surface area (Å²) in [5.74, 6) is 0.951. The molecule has 1 aromatic carbocycles. The molecule has 0 spiro atoms. The van der Waals surface area contributed by atoms with Gasteiger partial charge in [0, 0.05) is 18.2 Å². The lowest BCUT2D eigenvalue weighted by Crippen LogP contribution is -2.11. The Morgan fingerprint density at radius 1 is 1.38 bits per heavy atom. The van der Waals surface area contributed by atoms with Crippen LogP contribution in [0.4, 0.5) is 5.69 Å². The predicted octanol–water partition coefficient (Wildman–Crippen LogP) is 1.28. The Kier molecular flexibility index (Phi) is 3.58. The zero-order valence-electron chi connectivity index (χ0n) is 7.73. The van der Waals surface area contributed by atoms with Crippen molar-refractivity contribution in [3.05, 3.63) is 24.3 Å². The molecule has 0 aliphatic carbocycles. The Bertz CT molecular complexity index is 246. The van der Waals surface area contributed by atoms with Crippen molar-refractivity contribution in [2.24, 2.45) is 5.92 Å². The van der Waals surface area contributed by atoms with Gasteiger partial charge in [-0.1, -0.05) is 6.92 Å². The molecule has 0 radical (unpaired) electrons. The van der Waals surface area contributed by atoms with Gasteiger partial charge in [-0.3, -0.25) is 0 Å². The van der Waals surface area contributed by atoms with Gasteiger partial charge in [0.1, 0.15) is 5.75 Å². The molecule has 0 amide bonds. The SMILES string of the molecule is C[C@@H](CO)COc1ccc(N)cc1. The normalized spacial score (nSPS) is 12.5. The molecule has 0 saturated heterocycles. The van der Waals surface area contributed by atoms with Gasteiger partial charge in [0.2, 0.25) is 0 Å². The molecule has 0 fully saturated rings. The van der Waals surface area contributed by atoms with Gasteiger partial charge >= 0.3 is 0 Å². The Labute approximate surface area is 78.1 Å². The lowest BCUT2D eigenvalue weighted by atomic mass is 10.2. The van der Waals surface area contributed by atoms with Crippen LogP contribution in [0.1, 0.15) is 6.92 Å². The number of anilines is 1. The van der Waals surface area contributed by atoms with Gasteiger partial charge in [-0.15, -0.1) is 0 Å². The maximum Gasteiger partial charge on any atom is 0.119 e. The maximum atomic E-state index is 8.76. The zero-order valence-corrected chi connectivity index (χ0v) is 7.73. The van der Waals surface area contributed by atoms with Crippen LogP contribution in [-0.2, 0) is 0 Å². The summed E-state index contributed by atoms with van der Waals surface area (Å²) in [7, 11) is 0. The average molecular weight is 181 g/mol. The fourth-order valence-electron chi connectivity index (χ4n) is 0.855. The second-order valence-corrected chi connectivity index (χ2v) is 3.17. The fraction of sp³-hybridized carbons (Fsp3) is 0.400. The van der Waals surface area contributed by atoms with E-state index in [1.807, 2.05) is 19.1 Å². The van der Waals surface area contributed by atoms with Crippen LogP contribution in [-0.4, -0.2) is 18.3 Å². The number of benzene rings is 1. The largest absolute Gasteiger partial charge is 0.493 e. The molecule has 13 heavy (non-hydrogen) atoms. The van der Waals surface area contributed by atoms with Crippen LogP contribution in [0, 0.1) is 5.92 Å². The molecule has 0 bridgehead atoms. The molecule has 0 saturated carbocycles. The van der Waals surface area contributed by atoms with E-state index in [2.05, 4.69) is 0 Å². The first-order chi connectivity index (χ1) is 6.22. The Morgan fingerprint density at radius 2 is 2.00 bits per heavy atom. The van der Waals surface area contributed by atoms with E-state index < -0.39 is 0 Å². The lowest BCUT2D eigenvalue weighted by molar-refractivity contribution is 0.174. The van der Waals surface area contributed by atoms with Crippen LogP contribution in [0.25, 0.3) is 0 Å². The smallest absolute Gasteiger partial charge is 0.119 e. The van der Waals surface area contributed by atoms with E-state index in [1.165, 1.54) is 0 Å². The Hall–Kier alpha value is -1.22. The van der Waals surface area contributed by atoms with Gasteiger partial charge in [0.15, 0.2) is 0 Å². The van der Waals surface area contributed by atoms with Crippen molar-refractivity contribution in [1.82, 2.24) is 0 Å². The molecule has 3 nitrogen and oxygen atoms in total. The van der Waals surface area contributed by atoms with Crippen molar-refractivity contribution in [2.45, 2.75) is 6.92 Å². The number of nitrogen functional groups attached to an aromatic ring is 1. The molecule has 0 aliphatic heterocycles. The van der Waals surface area contributed by atoms with E-state index in [9.17, 15) is 0 Å². The number of nitrogens with two attached hydrogens (primary N) is 1. The van der Waals surface area contributed by atoms with Crippen molar-refractivity contribution >= 4 is 5.69 Å². The minimum Gasteiger partial charge on any atom is -0.493 e. The first kappa shape index (κ1) is 9.86. The predicted molar refractivity (Wildman–Crippen MR) is 52.6 cm³/mol. The Balaban J connectivity index is 2.41. The zero-order chi connectivity index (χ0) is 9.68. The summed E-state index contributed by atoms with van der Waals surface area (Å²) < 4.78 is 5.40. The highest BCUT2D eigenvalue weighted by Crippen LogP contribution is 2.13. The number of rotatable bonds is 4. The molecule has 0 aliphatic rings. The van der Waals surface area contributed by atoms with Crippen LogP contribution >= 0.6 is 0 Å². The van der Waals surface area contributed by atoms with Crippen molar-refractivity contribution < 1.29 is 9.84 Å². The molecule has 0 heterocycles. The number of hydrogen-bond acceptors (Lipinski definition) is 3. The number of aliphatic hydroxyl groups excluding tert-OH is 1. The van der Waals surface area contributed by atoms with Crippen molar-refractivity contribution in [3.63, 3.8) is 0 Å². The second-order valence-electron chi connectivity index (χ2n) is 3.17. The lowest BCUT2D eigenvalue weighted by Gasteiger charge is -2.10. The van der Waals surface area contributed by atoms with Crippen molar-refractivity contribution in [2.75, 3.05) is 18.9 Å². The molecule has 0 aromatic heterocycles. The average Bonchev–Trinajstić information content (AvgIpc) is 2.16. The summed E-state index contributed by atoms with van der Waals surface area (Å²) in [6.45, 7) is 2.60. The van der Waals surface area contributed by atoms with E-state index in [1.54, 1.807) is 12.1 Å². The van der Waals surface area contributed by atoms with E-state index in [-0.39, 0.29) is 12.5 Å². The molecule has 0 unspecified atom stereocenters. The van der Waals surface area contributed by atoms with Gasteiger partial charge in [0.25, 0.3) is 0 Å². The van der Waals surface area contributed by atoms with Crippen LogP contribution in [0.5, 0.6) is 5.75 Å². The van der Waals surface area contributed by atoms with Crippen LogP contribution in [0.2, 0.25) is 0 Å². The van der Waals surface area contributed by atoms with E-state index in [4.69, 9.17) is 15.6 Å². The van der Waals surface area contributed by atoms with E-state index in [0.717, 1.165) is 11.4 Å². The number of ether oxygens (including phenoxy) is 1. The molecule has 3 heteroatoms. The monoisotopic (exact) mass is 181 g/mol. The molecule has 3 N–H and O–H groups in total. The topological polar surface area (TPSA) is 55.5 Å². The number of hydrogen-bond donors (Lipinski definition) is 2. The van der Waals surface area contributed by atoms with Crippen LogP contribution in [0.3, 0.4) is 0 Å². The second kappa shape index (κ2) is 4.72. The molecular formula is C10H15NO2. The molecule has 1 rings (SSSR count). The Morgan fingerprint density at radius 3 is 2.54 bits per heavy atom. The van der Waals surface area contributed by atoms with Gasteiger partial charge in [-0.05, 0) is 24.3 Å². The summed E-state index contributed by atoms with van der Waals surface area (Å²) in [6.07, 6.45) is 0. The van der Waals surface area contributed by atoms with E-state index in [0.29, 0.717) is 6.61 Å². The summed E-state index contributed by atoms with van der Waals surface area (Å²) in [6, 6.07) is 7.22. The molecule has 72 valence electrons. The summed E-state index contributed by atoms with van der Waals surface area (Å²) in [5, 5.41) is 8.76. The van der Waals surface area contributed by atoms with Crippen molar-refractivity contribution in [1.29, 1.82) is 0 Å². The van der Waals surface area contributed by atoms with Gasteiger partial charge in [-0.25, -0.2) is 0 Å². The first-order valence-electron chi connectivity index (χ1n) is 4.31. The third-order valence-electron chi connectivity index (χ3n) is 1.73. The third kappa shape index (κ3) is 3.34. The molecular weight excluding hydrogens is 166 g/mol. The minimum atomic E-state index is 0.148. The molecule has 1 atom stereocenters. The van der Waals surface area contributed by atoms with Crippen LogP contribution in [0.15, 0.2) is 24.3 Å². The molecule has 1 aromatic rings. The quantitative estimate of drug-likeness (QED) is 0.688. The third-order valence-corrected chi connectivity index (χ3v) is 1.73. The summed E-state index contributed by atoms with van der Waals surface area (Å²) >= 11 is 0. The summed E-state index contributed by atoms with van der Waals surface area (Å²) in [4.78, 5) is 0. The highest BCUT2D eigenvalue weighted by molar-refractivity contribution is 5.41. The first-order valence-corrected chi connectivity index (χ1v) is 4.31. The highest BCUT2D eigenvalue weighted by atomic mass is 16.5. The summed E-state index contributed by atoms with van der Waals surface area (Å²) in [5.41, 5.74) is 6.24. The van der Waals surface area contributed by atoms with Gasteiger partial charge < -0.3 is 15.6 Å². The minimum absolute atomic E-state index is 0.148. The maximum absolute atomic E-state index is 8.76. The highest BCUT2D eigenvalue weighted by Gasteiger charge is 2.00. The van der Waals surface area contributed by atoms with Crippen LogP contribution < -0.4 is 10.5 Å². The number of aliphatic hydroxyl groups is 1. The van der Waals surface area contributed by atoms with Gasteiger partial charge in [-0.2, -0.15) is 0 Å². The fourth-order valence-corrected chi connectivity index (χ4v) is 0.855. The van der Waals surface area contributed by atoms with Gasteiger partial charge in [0.05, 0.1) is 6.61 Å². The van der Waals surface area contributed by atoms with Crippen molar-refractivity contribution in [3.8, 4) is 5.75 Å². The van der Waals surface area contributed by atoms with E-state index >= 15 is 0 Å². The standard InChI is InChI=1S/C10H15NO2/c1-8(6-12)7-13-10-4-2-9(11)3-5-10/h2-5,8,12H,6-7,11H2,1H3/t8-/m0/s1.